The molecule has 148 valence electrons. The second kappa shape index (κ2) is 9.90. The molecule has 2 rings (SSSR count). The smallest absolute Gasteiger partial charge is 0.416 e. The summed E-state index contributed by atoms with van der Waals surface area (Å²) >= 11 is 1.48. The average molecular weight is 400 g/mol. The van der Waals surface area contributed by atoms with Gasteiger partial charge in [-0.1, -0.05) is 6.92 Å². The summed E-state index contributed by atoms with van der Waals surface area (Å²) in [7, 11) is 0. The van der Waals surface area contributed by atoms with E-state index in [0.717, 1.165) is 34.8 Å². The third-order valence-corrected chi connectivity index (χ3v) is 4.81. The molecule has 1 N–H and O–H groups in total. The van der Waals surface area contributed by atoms with Gasteiger partial charge in [0, 0.05) is 10.6 Å². The van der Waals surface area contributed by atoms with E-state index >= 15 is 0 Å². The van der Waals surface area contributed by atoms with Crippen LogP contribution in [0, 0.1) is 6.92 Å². The number of hydrogen-bond acceptors (Lipinski definition) is 4. The molecule has 0 fully saturated rings. The van der Waals surface area contributed by atoms with Gasteiger partial charge < -0.3 is 14.6 Å². The molecule has 3 nitrogen and oxygen atoms in total. The van der Waals surface area contributed by atoms with Crippen LogP contribution in [0.25, 0.3) is 0 Å². The van der Waals surface area contributed by atoms with Gasteiger partial charge in [0.2, 0.25) is 0 Å². The van der Waals surface area contributed by atoms with Crippen LogP contribution in [0.15, 0.2) is 47.4 Å². The average Bonchev–Trinajstić information content (AvgIpc) is 2.63. The van der Waals surface area contributed by atoms with Crippen molar-refractivity contribution in [2.45, 2.75) is 37.4 Å². The molecule has 0 amide bonds. The van der Waals surface area contributed by atoms with Gasteiger partial charge in [-0.25, -0.2) is 0 Å². The molecule has 7 heteroatoms. The van der Waals surface area contributed by atoms with E-state index < -0.39 is 17.8 Å². The van der Waals surface area contributed by atoms with E-state index in [4.69, 9.17) is 9.47 Å². The third-order valence-electron chi connectivity index (χ3n) is 3.67. The number of ether oxygens (including phenoxy) is 2. The van der Waals surface area contributed by atoms with Gasteiger partial charge in [0.15, 0.2) is 0 Å². The summed E-state index contributed by atoms with van der Waals surface area (Å²) in [4.78, 5) is 1.00. The van der Waals surface area contributed by atoms with E-state index in [-0.39, 0.29) is 6.61 Å². The molecule has 0 heterocycles. The van der Waals surface area contributed by atoms with Gasteiger partial charge in [-0.3, -0.25) is 0 Å². The van der Waals surface area contributed by atoms with Gasteiger partial charge in [0.1, 0.15) is 18.1 Å². The largest absolute Gasteiger partial charge is 0.493 e. The van der Waals surface area contributed by atoms with Crippen molar-refractivity contribution in [1.82, 2.24) is 0 Å². The lowest BCUT2D eigenvalue weighted by molar-refractivity contribution is -0.137. The lowest BCUT2D eigenvalue weighted by atomic mass is 10.2. The van der Waals surface area contributed by atoms with Crippen molar-refractivity contribution in [2.24, 2.45) is 0 Å². The summed E-state index contributed by atoms with van der Waals surface area (Å²) in [6.45, 7) is 4.70. The first-order valence-electron chi connectivity index (χ1n) is 8.64. The van der Waals surface area contributed by atoms with Gasteiger partial charge >= 0.3 is 6.18 Å². The summed E-state index contributed by atoms with van der Waals surface area (Å²) in [5.41, 5.74) is 0.302. The molecule has 0 unspecified atom stereocenters. The predicted octanol–water partition coefficient (Wildman–Crippen LogP) is 5.33. The van der Waals surface area contributed by atoms with Crippen molar-refractivity contribution in [3.8, 4) is 11.5 Å². The Morgan fingerprint density at radius 3 is 2.37 bits per heavy atom. The van der Waals surface area contributed by atoms with Crippen molar-refractivity contribution in [2.75, 3.05) is 19.0 Å². The van der Waals surface area contributed by atoms with Crippen molar-refractivity contribution in [3.63, 3.8) is 0 Å². The van der Waals surface area contributed by atoms with Gasteiger partial charge in [-0.2, -0.15) is 13.2 Å². The Hall–Kier alpha value is -1.86. The maximum atomic E-state index is 12.5. The number of aliphatic hydroxyl groups excluding tert-OH is 1. The van der Waals surface area contributed by atoms with Crippen LogP contribution in [-0.2, 0) is 6.18 Å². The summed E-state index contributed by atoms with van der Waals surface area (Å²) in [6, 6.07) is 10.3. The molecule has 0 aliphatic carbocycles. The molecule has 0 aliphatic heterocycles. The highest BCUT2D eigenvalue weighted by Gasteiger charge is 2.30. The molecule has 1 atom stereocenters. The van der Waals surface area contributed by atoms with E-state index in [1.165, 1.54) is 23.9 Å². The van der Waals surface area contributed by atoms with Crippen LogP contribution in [0.3, 0.4) is 0 Å². The summed E-state index contributed by atoms with van der Waals surface area (Å²) in [5, 5.41) is 10.0. The zero-order valence-corrected chi connectivity index (χ0v) is 16.1. The van der Waals surface area contributed by atoms with Gasteiger partial charge in [0.25, 0.3) is 0 Å². The van der Waals surface area contributed by atoms with E-state index in [1.54, 1.807) is 0 Å². The molecule has 0 spiro atoms. The Morgan fingerprint density at radius 1 is 1.07 bits per heavy atom. The molecular formula is C20H23F3O3S. The number of aryl methyl sites for hydroxylation is 1. The van der Waals surface area contributed by atoms with Crippen LogP contribution in [0.2, 0.25) is 0 Å². The fourth-order valence-electron chi connectivity index (χ4n) is 2.26. The Bertz CT molecular complexity index is 717. The SMILES string of the molecule is CCCOc1ccc(SC[C@H](O)COc2ccc(C(F)(F)F)cc2)cc1C. The molecule has 0 bridgehead atoms. The van der Waals surface area contributed by atoms with Crippen molar-refractivity contribution in [3.05, 3.63) is 53.6 Å². The monoisotopic (exact) mass is 400 g/mol. The fraction of sp³-hybridized carbons (Fsp3) is 0.400. The lowest BCUT2D eigenvalue weighted by Crippen LogP contribution is -2.20. The zero-order chi connectivity index (χ0) is 19.9. The number of alkyl halides is 3. The number of thioether (sulfide) groups is 1. The van der Waals surface area contributed by atoms with Crippen LogP contribution in [0.1, 0.15) is 24.5 Å². The first kappa shape index (κ1) is 21.4. The normalized spacial score (nSPS) is 12.7. The minimum absolute atomic E-state index is 0.00897. The number of benzene rings is 2. The number of rotatable bonds is 9. The Kier molecular flexibility index (Phi) is 7.86. The number of halogens is 3. The highest BCUT2D eigenvalue weighted by atomic mass is 32.2. The zero-order valence-electron chi connectivity index (χ0n) is 15.3. The summed E-state index contributed by atoms with van der Waals surface area (Å²) in [5.74, 6) is 1.56. The lowest BCUT2D eigenvalue weighted by Gasteiger charge is -2.14. The quantitative estimate of drug-likeness (QED) is 0.577. The Labute approximate surface area is 161 Å². The second-order valence-corrected chi connectivity index (χ2v) is 7.17. The second-order valence-electron chi connectivity index (χ2n) is 6.07. The molecular weight excluding hydrogens is 377 g/mol. The van der Waals surface area contributed by atoms with E-state index in [0.29, 0.717) is 18.1 Å². The van der Waals surface area contributed by atoms with Crippen LogP contribution < -0.4 is 9.47 Å². The minimum atomic E-state index is -4.37. The predicted molar refractivity (Wildman–Crippen MR) is 101 cm³/mol. The highest BCUT2D eigenvalue weighted by molar-refractivity contribution is 7.99. The Balaban J connectivity index is 1.79. The molecule has 0 radical (unpaired) electrons. The van der Waals surface area contributed by atoms with Crippen LogP contribution in [0.4, 0.5) is 13.2 Å². The van der Waals surface area contributed by atoms with Gasteiger partial charge in [-0.05, 0) is 61.4 Å². The molecule has 0 saturated heterocycles. The first-order chi connectivity index (χ1) is 12.8. The molecule has 2 aromatic rings. The number of hydrogen-bond donors (Lipinski definition) is 1. The molecule has 27 heavy (non-hydrogen) atoms. The van der Waals surface area contributed by atoms with Crippen molar-refractivity contribution in [1.29, 1.82) is 0 Å². The van der Waals surface area contributed by atoms with Gasteiger partial charge in [0.05, 0.1) is 18.3 Å². The topological polar surface area (TPSA) is 38.7 Å². The third kappa shape index (κ3) is 6.99. The molecule has 2 aromatic carbocycles. The summed E-state index contributed by atoms with van der Waals surface area (Å²) < 4.78 is 48.5. The molecule has 0 aromatic heterocycles. The Morgan fingerprint density at radius 2 is 1.78 bits per heavy atom. The molecule has 0 saturated carbocycles. The highest BCUT2D eigenvalue weighted by Crippen LogP contribution is 2.30. The van der Waals surface area contributed by atoms with Crippen molar-refractivity contribution >= 4 is 11.8 Å². The maximum Gasteiger partial charge on any atom is 0.416 e. The van der Waals surface area contributed by atoms with Crippen LogP contribution in [0.5, 0.6) is 11.5 Å². The first-order valence-corrected chi connectivity index (χ1v) is 9.62. The maximum absolute atomic E-state index is 12.5. The van der Waals surface area contributed by atoms with Crippen molar-refractivity contribution < 1.29 is 27.8 Å². The van der Waals surface area contributed by atoms with E-state index in [2.05, 4.69) is 0 Å². The molecule has 0 aliphatic rings. The minimum Gasteiger partial charge on any atom is -0.493 e. The summed E-state index contributed by atoms with van der Waals surface area (Å²) in [6.07, 6.45) is -4.17. The van der Waals surface area contributed by atoms with Crippen LogP contribution >= 0.6 is 11.8 Å². The fourth-order valence-corrected chi connectivity index (χ4v) is 3.16. The van der Waals surface area contributed by atoms with E-state index in [9.17, 15) is 18.3 Å². The number of aliphatic hydroxyl groups is 1. The van der Waals surface area contributed by atoms with E-state index in [1.807, 2.05) is 32.0 Å². The van der Waals surface area contributed by atoms with Gasteiger partial charge in [-0.15, -0.1) is 11.8 Å². The standard InChI is InChI=1S/C20H23F3O3S/c1-3-10-25-19-9-8-18(11-14(19)2)27-13-16(24)12-26-17-6-4-15(5-7-17)20(21,22)23/h4-9,11,16,24H,3,10,12-13H2,1-2H3/t16-/m1/s1. The van der Waals surface area contributed by atoms with Crippen LogP contribution in [-0.4, -0.2) is 30.2 Å².